The van der Waals surface area contributed by atoms with E-state index in [-0.39, 0.29) is 11.2 Å². The number of hydrogen-bond acceptors (Lipinski definition) is 5. The predicted octanol–water partition coefficient (Wildman–Crippen LogP) is 3.72. The second-order valence-corrected chi connectivity index (χ2v) is 8.36. The van der Waals surface area contributed by atoms with Gasteiger partial charge in [0.15, 0.2) is 0 Å². The van der Waals surface area contributed by atoms with Crippen LogP contribution in [0.2, 0.25) is 0 Å². The van der Waals surface area contributed by atoms with Crippen LogP contribution in [0.5, 0.6) is 0 Å². The molecule has 22 heavy (non-hydrogen) atoms. The van der Waals surface area contributed by atoms with Gasteiger partial charge in [0.05, 0.1) is 5.25 Å². The standard InChI is InChI=1S/C16H21N3OS2/c1-9-10(2)21-14-13(9)15(18-12(4)17-14)22-11(3)16(20)19-7-5-6-8-19/h11H,5-8H2,1-4H3/t11-/m1/s1. The number of likely N-dealkylation sites (tertiary alicyclic amines) is 1. The molecule has 0 N–H and O–H groups in total. The summed E-state index contributed by atoms with van der Waals surface area (Å²) >= 11 is 3.28. The number of carbonyl (C=O) groups excluding carboxylic acids is 1. The van der Waals surface area contributed by atoms with Crippen molar-refractivity contribution < 1.29 is 4.79 Å². The number of rotatable bonds is 3. The molecule has 1 atom stereocenters. The van der Waals surface area contributed by atoms with Crippen molar-refractivity contribution in [3.05, 3.63) is 16.3 Å². The highest BCUT2D eigenvalue weighted by atomic mass is 32.2. The Labute approximate surface area is 139 Å². The summed E-state index contributed by atoms with van der Waals surface area (Å²) in [6.07, 6.45) is 2.26. The van der Waals surface area contributed by atoms with Crippen LogP contribution in [0.3, 0.4) is 0 Å². The minimum atomic E-state index is -0.102. The molecule has 0 unspecified atom stereocenters. The predicted molar refractivity (Wildman–Crippen MR) is 92.8 cm³/mol. The number of thioether (sulfide) groups is 1. The number of amides is 1. The number of hydrogen-bond donors (Lipinski definition) is 0. The van der Waals surface area contributed by atoms with Crippen molar-refractivity contribution in [1.82, 2.24) is 14.9 Å². The molecule has 4 nitrogen and oxygen atoms in total. The molecule has 1 aliphatic heterocycles. The van der Waals surface area contributed by atoms with E-state index in [1.54, 1.807) is 23.1 Å². The van der Waals surface area contributed by atoms with Crippen LogP contribution >= 0.6 is 23.1 Å². The zero-order chi connectivity index (χ0) is 15.9. The molecule has 118 valence electrons. The quantitative estimate of drug-likeness (QED) is 0.633. The Morgan fingerprint density at radius 3 is 2.59 bits per heavy atom. The molecule has 0 aromatic carbocycles. The summed E-state index contributed by atoms with van der Waals surface area (Å²) in [7, 11) is 0. The summed E-state index contributed by atoms with van der Waals surface area (Å²) in [6.45, 7) is 9.94. The zero-order valence-corrected chi connectivity index (χ0v) is 15.1. The third kappa shape index (κ3) is 2.86. The molecule has 0 radical (unpaired) electrons. The molecule has 1 fully saturated rings. The molecule has 3 heterocycles. The average Bonchev–Trinajstić information content (AvgIpc) is 3.07. The highest BCUT2D eigenvalue weighted by Crippen LogP contribution is 2.37. The van der Waals surface area contributed by atoms with Crippen molar-refractivity contribution in [3.8, 4) is 0 Å². The maximum Gasteiger partial charge on any atom is 0.235 e. The van der Waals surface area contributed by atoms with Gasteiger partial charge in [-0.25, -0.2) is 9.97 Å². The normalized spacial score (nSPS) is 16.5. The van der Waals surface area contributed by atoms with Gasteiger partial charge in [-0.05, 0) is 46.1 Å². The minimum absolute atomic E-state index is 0.102. The van der Waals surface area contributed by atoms with Crippen LogP contribution < -0.4 is 0 Å². The van der Waals surface area contributed by atoms with Crippen molar-refractivity contribution in [2.45, 2.75) is 50.8 Å². The molecular weight excluding hydrogens is 314 g/mol. The number of aryl methyl sites for hydroxylation is 3. The van der Waals surface area contributed by atoms with Crippen LogP contribution in [0.1, 0.15) is 36.0 Å². The molecule has 0 spiro atoms. The molecule has 1 amide bonds. The van der Waals surface area contributed by atoms with E-state index in [0.29, 0.717) is 0 Å². The number of nitrogens with zero attached hydrogens (tertiary/aromatic N) is 3. The van der Waals surface area contributed by atoms with Crippen molar-refractivity contribution in [2.75, 3.05) is 13.1 Å². The molecule has 0 aliphatic carbocycles. The van der Waals surface area contributed by atoms with Gasteiger partial charge in [-0.15, -0.1) is 11.3 Å². The van der Waals surface area contributed by atoms with E-state index >= 15 is 0 Å². The van der Waals surface area contributed by atoms with Gasteiger partial charge in [0.25, 0.3) is 0 Å². The first-order chi connectivity index (χ1) is 10.5. The lowest BCUT2D eigenvalue weighted by atomic mass is 10.2. The van der Waals surface area contributed by atoms with Gasteiger partial charge in [-0.1, -0.05) is 11.8 Å². The number of thiophene rings is 1. The fraction of sp³-hybridized carbons (Fsp3) is 0.562. The van der Waals surface area contributed by atoms with Crippen LogP contribution in [-0.4, -0.2) is 39.1 Å². The Kier molecular flexibility index (Phi) is 4.41. The van der Waals surface area contributed by atoms with Crippen LogP contribution in [0.4, 0.5) is 0 Å². The van der Waals surface area contributed by atoms with Gasteiger partial charge < -0.3 is 4.90 Å². The fourth-order valence-corrected chi connectivity index (χ4v) is 5.09. The summed E-state index contributed by atoms with van der Waals surface area (Å²) in [6, 6.07) is 0. The summed E-state index contributed by atoms with van der Waals surface area (Å²) < 4.78 is 0. The molecular formula is C16H21N3OS2. The lowest BCUT2D eigenvalue weighted by Gasteiger charge is -2.20. The fourth-order valence-electron chi connectivity index (χ4n) is 2.81. The third-order valence-electron chi connectivity index (χ3n) is 4.16. The van der Waals surface area contributed by atoms with E-state index in [0.717, 1.165) is 47.0 Å². The minimum Gasteiger partial charge on any atom is -0.342 e. The Bertz CT molecular complexity index is 720. The number of carbonyl (C=O) groups is 1. The number of fused-ring (bicyclic) bond motifs is 1. The first-order valence-corrected chi connectivity index (χ1v) is 9.36. The molecule has 0 bridgehead atoms. The SMILES string of the molecule is Cc1nc(S[C@H](C)C(=O)N2CCCC2)c2c(C)c(C)sc2n1. The molecule has 1 aliphatic rings. The summed E-state index contributed by atoms with van der Waals surface area (Å²) in [4.78, 5) is 26.0. The molecule has 3 rings (SSSR count). The van der Waals surface area contributed by atoms with Crippen LogP contribution in [0.15, 0.2) is 5.03 Å². The topological polar surface area (TPSA) is 46.1 Å². The van der Waals surface area contributed by atoms with E-state index in [1.165, 1.54) is 10.4 Å². The van der Waals surface area contributed by atoms with Gasteiger partial charge in [0, 0.05) is 23.4 Å². The first-order valence-electron chi connectivity index (χ1n) is 7.67. The smallest absolute Gasteiger partial charge is 0.235 e. The highest BCUT2D eigenvalue weighted by Gasteiger charge is 2.25. The van der Waals surface area contributed by atoms with E-state index < -0.39 is 0 Å². The summed E-state index contributed by atoms with van der Waals surface area (Å²) in [5.74, 6) is 1.01. The Balaban J connectivity index is 1.91. The molecule has 1 saturated heterocycles. The van der Waals surface area contributed by atoms with Crippen LogP contribution in [-0.2, 0) is 4.79 Å². The van der Waals surface area contributed by atoms with Gasteiger partial charge in [-0.3, -0.25) is 4.79 Å². The zero-order valence-electron chi connectivity index (χ0n) is 13.5. The maximum absolute atomic E-state index is 12.5. The van der Waals surface area contributed by atoms with E-state index in [9.17, 15) is 4.79 Å². The second-order valence-electron chi connectivity index (χ2n) is 5.83. The van der Waals surface area contributed by atoms with Crippen LogP contribution in [0.25, 0.3) is 10.2 Å². The average molecular weight is 335 g/mol. The second kappa shape index (κ2) is 6.16. The van der Waals surface area contributed by atoms with E-state index in [2.05, 4.69) is 23.8 Å². The monoisotopic (exact) mass is 335 g/mol. The van der Waals surface area contributed by atoms with Crippen molar-refractivity contribution in [3.63, 3.8) is 0 Å². The highest BCUT2D eigenvalue weighted by molar-refractivity contribution is 8.00. The molecule has 0 saturated carbocycles. The summed E-state index contributed by atoms with van der Waals surface area (Å²) in [5.41, 5.74) is 1.24. The summed E-state index contributed by atoms with van der Waals surface area (Å²) in [5, 5.41) is 1.97. The van der Waals surface area contributed by atoms with Gasteiger partial charge in [0.2, 0.25) is 5.91 Å². The van der Waals surface area contributed by atoms with Gasteiger partial charge in [0.1, 0.15) is 15.7 Å². The van der Waals surface area contributed by atoms with Crippen molar-refractivity contribution >= 4 is 39.2 Å². The van der Waals surface area contributed by atoms with Crippen molar-refractivity contribution in [2.24, 2.45) is 0 Å². The Morgan fingerprint density at radius 2 is 1.91 bits per heavy atom. The molecule has 2 aromatic rings. The van der Waals surface area contributed by atoms with Gasteiger partial charge in [-0.2, -0.15) is 0 Å². The maximum atomic E-state index is 12.5. The van der Waals surface area contributed by atoms with Gasteiger partial charge >= 0.3 is 0 Å². The lowest BCUT2D eigenvalue weighted by molar-refractivity contribution is -0.129. The van der Waals surface area contributed by atoms with Crippen molar-refractivity contribution in [1.29, 1.82) is 0 Å². The molecule has 6 heteroatoms. The van der Waals surface area contributed by atoms with Crippen LogP contribution in [0, 0.1) is 20.8 Å². The third-order valence-corrected chi connectivity index (χ3v) is 6.34. The first kappa shape index (κ1) is 15.7. The Hall–Kier alpha value is -1.14. The van der Waals surface area contributed by atoms with E-state index in [1.807, 2.05) is 18.7 Å². The molecule has 2 aromatic heterocycles. The van der Waals surface area contributed by atoms with E-state index in [4.69, 9.17) is 0 Å². The number of aromatic nitrogens is 2. The Morgan fingerprint density at radius 1 is 1.23 bits per heavy atom. The lowest BCUT2D eigenvalue weighted by Crippen LogP contribution is -2.34. The largest absolute Gasteiger partial charge is 0.342 e.